The molecule has 86 valence electrons. The first-order valence-corrected chi connectivity index (χ1v) is 6.24. The molecule has 0 rings (SSSR count). The summed E-state index contributed by atoms with van der Waals surface area (Å²) in [6, 6.07) is 0.694. The molecule has 0 heterocycles. The highest BCUT2D eigenvalue weighted by Gasteiger charge is 1.99. The molecular weight excluding hydrogens is 172 g/mol. The van der Waals surface area contributed by atoms with Gasteiger partial charge in [-0.3, -0.25) is 0 Å². The molecule has 2 heteroatoms. The van der Waals surface area contributed by atoms with Gasteiger partial charge in [-0.2, -0.15) is 0 Å². The van der Waals surface area contributed by atoms with Gasteiger partial charge >= 0.3 is 0 Å². The maximum absolute atomic E-state index is 5.43. The second-order valence-electron chi connectivity index (χ2n) is 4.20. The van der Waals surface area contributed by atoms with Crippen LogP contribution < -0.4 is 11.1 Å². The third-order valence-corrected chi connectivity index (χ3v) is 2.61. The fourth-order valence-corrected chi connectivity index (χ4v) is 1.60. The molecule has 0 aromatic heterocycles. The summed E-state index contributed by atoms with van der Waals surface area (Å²) < 4.78 is 0. The molecule has 1 unspecified atom stereocenters. The van der Waals surface area contributed by atoms with Crippen LogP contribution in [-0.2, 0) is 0 Å². The van der Waals surface area contributed by atoms with Gasteiger partial charge in [0.15, 0.2) is 0 Å². The third-order valence-electron chi connectivity index (χ3n) is 2.61. The number of rotatable bonds is 10. The van der Waals surface area contributed by atoms with E-state index in [0.29, 0.717) is 6.04 Å². The Morgan fingerprint density at radius 1 is 1.07 bits per heavy atom. The van der Waals surface area contributed by atoms with Crippen molar-refractivity contribution in [3.8, 4) is 0 Å². The van der Waals surface area contributed by atoms with Gasteiger partial charge in [0.2, 0.25) is 0 Å². The van der Waals surface area contributed by atoms with E-state index in [0.717, 1.165) is 13.1 Å². The van der Waals surface area contributed by atoms with Crippen LogP contribution in [0.5, 0.6) is 0 Å². The summed E-state index contributed by atoms with van der Waals surface area (Å²) in [4.78, 5) is 0. The minimum atomic E-state index is 0.694. The van der Waals surface area contributed by atoms with Crippen LogP contribution in [0.15, 0.2) is 0 Å². The van der Waals surface area contributed by atoms with Crippen molar-refractivity contribution in [2.24, 2.45) is 5.73 Å². The molecule has 14 heavy (non-hydrogen) atoms. The lowest BCUT2D eigenvalue weighted by Crippen LogP contribution is -2.26. The van der Waals surface area contributed by atoms with E-state index >= 15 is 0 Å². The van der Waals surface area contributed by atoms with Gasteiger partial charge in [-0.15, -0.1) is 0 Å². The van der Waals surface area contributed by atoms with Gasteiger partial charge in [-0.1, -0.05) is 32.6 Å². The van der Waals surface area contributed by atoms with E-state index in [-0.39, 0.29) is 0 Å². The molecule has 0 radical (unpaired) electrons. The molecule has 0 fully saturated rings. The fraction of sp³-hybridized carbons (Fsp3) is 1.00. The highest BCUT2D eigenvalue weighted by atomic mass is 14.9. The molecule has 3 N–H and O–H groups in total. The van der Waals surface area contributed by atoms with Gasteiger partial charge in [0.05, 0.1) is 0 Å². The first-order valence-electron chi connectivity index (χ1n) is 6.24. The van der Waals surface area contributed by atoms with Crippen molar-refractivity contribution in [1.82, 2.24) is 5.32 Å². The molecular formula is C12H28N2. The van der Waals surface area contributed by atoms with Gasteiger partial charge in [0.25, 0.3) is 0 Å². The number of nitrogens with one attached hydrogen (secondary N) is 1. The summed E-state index contributed by atoms with van der Waals surface area (Å²) in [5.41, 5.74) is 5.43. The van der Waals surface area contributed by atoms with Gasteiger partial charge in [-0.25, -0.2) is 0 Å². The van der Waals surface area contributed by atoms with Crippen molar-refractivity contribution < 1.29 is 0 Å². The predicted molar refractivity (Wildman–Crippen MR) is 64.5 cm³/mol. The molecule has 1 atom stereocenters. The highest BCUT2D eigenvalue weighted by Crippen LogP contribution is 2.03. The molecule has 0 amide bonds. The van der Waals surface area contributed by atoms with Gasteiger partial charge in [0, 0.05) is 6.04 Å². The molecule has 0 aromatic rings. The smallest absolute Gasteiger partial charge is 0.00387 e. The van der Waals surface area contributed by atoms with Crippen molar-refractivity contribution in [2.45, 2.75) is 64.8 Å². The number of hydrogen-bond acceptors (Lipinski definition) is 2. The van der Waals surface area contributed by atoms with Crippen LogP contribution >= 0.6 is 0 Å². The highest BCUT2D eigenvalue weighted by molar-refractivity contribution is 4.60. The van der Waals surface area contributed by atoms with Gasteiger partial charge in [-0.05, 0) is 39.3 Å². The van der Waals surface area contributed by atoms with Crippen molar-refractivity contribution >= 4 is 0 Å². The Balaban J connectivity index is 3.06. The van der Waals surface area contributed by atoms with Crippen LogP contribution in [0.4, 0.5) is 0 Å². The predicted octanol–water partition coefficient (Wildman–Crippen LogP) is 2.67. The van der Waals surface area contributed by atoms with E-state index in [9.17, 15) is 0 Å². The van der Waals surface area contributed by atoms with Gasteiger partial charge < -0.3 is 11.1 Å². The molecule has 0 aliphatic rings. The van der Waals surface area contributed by atoms with Crippen LogP contribution in [0.1, 0.15) is 58.8 Å². The molecule has 0 aliphatic heterocycles. The standard InChI is InChI=1S/C12H28N2/c1-3-4-6-9-12(2)14-11-8-5-7-10-13/h12,14H,3-11,13H2,1-2H3. The van der Waals surface area contributed by atoms with Crippen molar-refractivity contribution in [2.75, 3.05) is 13.1 Å². The lowest BCUT2D eigenvalue weighted by molar-refractivity contribution is 0.476. The first-order chi connectivity index (χ1) is 6.81. The van der Waals surface area contributed by atoms with Crippen molar-refractivity contribution in [1.29, 1.82) is 0 Å². The third kappa shape index (κ3) is 10.0. The lowest BCUT2D eigenvalue weighted by atomic mass is 10.1. The quantitative estimate of drug-likeness (QED) is 0.532. The molecule has 0 spiro atoms. The number of nitrogens with two attached hydrogens (primary N) is 1. The first kappa shape index (κ1) is 13.9. The zero-order valence-corrected chi connectivity index (χ0v) is 10.0. The maximum Gasteiger partial charge on any atom is 0.00387 e. The largest absolute Gasteiger partial charge is 0.330 e. The Bertz CT molecular complexity index is 104. The van der Waals surface area contributed by atoms with Crippen LogP contribution in [0.3, 0.4) is 0 Å². The number of unbranched alkanes of at least 4 members (excludes halogenated alkanes) is 4. The minimum Gasteiger partial charge on any atom is -0.330 e. The summed E-state index contributed by atoms with van der Waals surface area (Å²) in [5.74, 6) is 0. The zero-order chi connectivity index (χ0) is 10.6. The molecule has 0 saturated heterocycles. The topological polar surface area (TPSA) is 38.0 Å². The summed E-state index contributed by atoms with van der Waals surface area (Å²) in [7, 11) is 0. The molecule has 0 saturated carbocycles. The Labute approximate surface area is 89.6 Å². The van der Waals surface area contributed by atoms with E-state index in [2.05, 4.69) is 19.2 Å². The van der Waals surface area contributed by atoms with E-state index in [1.54, 1.807) is 0 Å². The summed E-state index contributed by atoms with van der Waals surface area (Å²) in [6.07, 6.45) is 9.10. The minimum absolute atomic E-state index is 0.694. The maximum atomic E-state index is 5.43. The zero-order valence-electron chi connectivity index (χ0n) is 10.0. The second kappa shape index (κ2) is 11.0. The summed E-state index contributed by atoms with van der Waals surface area (Å²) in [6.45, 7) is 6.54. The summed E-state index contributed by atoms with van der Waals surface area (Å²) >= 11 is 0. The molecule has 0 bridgehead atoms. The van der Waals surface area contributed by atoms with E-state index in [1.165, 1.54) is 44.9 Å². The Hall–Kier alpha value is -0.0800. The van der Waals surface area contributed by atoms with Crippen molar-refractivity contribution in [3.63, 3.8) is 0 Å². The Morgan fingerprint density at radius 3 is 2.50 bits per heavy atom. The van der Waals surface area contributed by atoms with Crippen LogP contribution in [-0.4, -0.2) is 19.1 Å². The van der Waals surface area contributed by atoms with Crippen LogP contribution in [0.2, 0.25) is 0 Å². The Morgan fingerprint density at radius 2 is 1.86 bits per heavy atom. The number of hydrogen-bond donors (Lipinski definition) is 2. The van der Waals surface area contributed by atoms with Crippen LogP contribution in [0, 0.1) is 0 Å². The SMILES string of the molecule is CCCCCC(C)NCCCCCN. The second-order valence-corrected chi connectivity index (χ2v) is 4.20. The normalized spacial score (nSPS) is 13.1. The average molecular weight is 200 g/mol. The Kier molecular flexibility index (Phi) is 10.9. The fourth-order valence-electron chi connectivity index (χ4n) is 1.60. The molecule has 2 nitrogen and oxygen atoms in total. The summed E-state index contributed by atoms with van der Waals surface area (Å²) in [5, 5.41) is 3.56. The van der Waals surface area contributed by atoms with Gasteiger partial charge in [0.1, 0.15) is 0 Å². The van der Waals surface area contributed by atoms with Crippen molar-refractivity contribution in [3.05, 3.63) is 0 Å². The van der Waals surface area contributed by atoms with E-state index in [1.807, 2.05) is 0 Å². The molecule has 0 aliphatic carbocycles. The van der Waals surface area contributed by atoms with Crippen LogP contribution in [0.25, 0.3) is 0 Å². The van der Waals surface area contributed by atoms with E-state index < -0.39 is 0 Å². The van der Waals surface area contributed by atoms with E-state index in [4.69, 9.17) is 5.73 Å². The lowest BCUT2D eigenvalue weighted by Gasteiger charge is -2.13. The average Bonchev–Trinajstić information content (AvgIpc) is 2.18. The monoisotopic (exact) mass is 200 g/mol. The molecule has 0 aromatic carbocycles.